The molecule has 132 valence electrons. The first-order valence-electron chi connectivity index (χ1n) is 8.69. The lowest BCUT2D eigenvalue weighted by Crippen LogP contribution is -2.14. The Balaban J connectivity index is 2.36. The Morgan fingerprint density at radius 2 is 2.00 bits per heavy atom. The molecule has 5 nitrogen and oxygen atoms in total. The molecule has 0 radical (unpaired) electrons. The summed E-state index contributed by atoms with van der Waals surface area (Å²) in [5, 5.41) is 18.2. The van der Waals surface area contributed by atoms with E-state index in [1.807, 2.05) is 0 Å². The zero-order chi connectivity index (χ0) is 16.9. The number of esters is 1. The van der Waals surface area contributed by atoms with E-state index in [1.54, 1.807) is 18.4 Å². The third-order valence-electron chi connectivity index (χ3n) is 3.83. The van der Waals surface area contributed by atoms with Crippen LogP contribution in [-0.2, 0) is 9.53 Å². The molecule has 0 amide bonds. The summed E-state index contributed by atoms with van der Waals surface area (Å²) >= 11 is 0. The molecule has 23 heavy (non-hydrogen) atoms. The van der Waals surface area contributed by atoms with Gasteiger partial charge in [-0.05, 0) is 37.8 Å². The standard InChI is InChI=1S/C18H30O5/c1-2-3-4-5-6-12-18(21)23-17(16-11-8-13-22-16)10-7-9-15(20)14-19/h8,11,13,15,17,19-20H,2-7,9-10,12,14H2,1H3. The van der Waals surface area contributed by atoms with Crippen molar-refractivity contribution in [3.63, 3.8) is 0 Å². The second kappa shape index (κ2) is 12.1. The van der Waals surface area contributed by atoms with Crippen molar-refractivity contribution in [1.29, 1.82) is 0 Å². The molecule has 2 atom stereocenters. The van der Waals surface area contributed by atoms with Crippen LogP contribution in [0.2, 0.25) is 0 Å². The van der Waals surface area contributed by atoms with E-state index in [2.05, 4.69) is 6.92 Å². The number of hydrogen-bond donors (Lipinski definition) is 2. The van der Waals surface area contributed by atoms with Gasteiger partial charge in [0, 0.05) is 6.42 Å². The third-order valence-corrected chi connectivity index (χ3v) is 3.83. The number of unbranched alkanes of at least 4 members (excludes halogenated alkanes) is 4. The van der Waals surface area contributed by atoms with Crippen LogP contribution in [-0.4, -0.2) is 28.9 Å². The van der Waals surface area contributed by atoms with E-state index in [0.717, 1.165) is 19.3 Å². The maximum Gasteiger partial charge on any atom is 0.306 e. The van der Waals surface area contributed by atoms with Crippen molar-refractivity contribution < 1.29 is 24.2 Å². The quantitative estimate of drug-likeness (QED) is 0.426. The van der Waals surface area contributed by atoms with E-state index >= 15 is 0 Å². The summed E-state index contributed by atoms with van der Waals surface area (Å²) in [6.45, 7) is 1.92. The first-order valence-corrected chi connectivity index (χ1v) is 8.69. The molecule has 1 aromatic rings. The Kier molecular flexibility index (Phi) is 10.4. The Morgan fingerprint density at radius 3 is 2.65 bits per heavy atom. The SMILES string of the molecule is CCCCCCCC(=O)OC(CCCC(O)CO)c1ccco1. The molecule has 1 heterocycles. The minimum Gasteiger partial charge on any atom is -0.465 e. The Bertz CT molecular complexity index is 402. The number of carbonyl (C=O) groups is 1. The van der Waals surface area contributed by atoms with Crippen molar-refractivity contribution in [2.45, 2.75) is 76.9 Å². The van der Waals surface area contributed by atoms with Crippen LogP contribution in [0.1, 0.15) is 76.6 Å². The summed E-state index contributed by atoms with van der Waals surface area (Å²) in [5.74, 6) is 0.424. The van der Waals surface area contributed by atoms with Gasteiger partial charge in [0.05, 0.1) is 19.0 Å². The van der Waals surface area contributed by atoms with E-state index in [9.17, 15) is 9.90 Å². The fourth-order valence-corrected chi connectivity index (χ4v) is 2.45. The molecule has 0 aliphatic carbocycles. The molecular weight excluding hydrogens is 296 g/mol. The molecule has 0 fully saturated rings. The molecule has 0 aromatic carbocycles. The van der Waals surface area contributed by atoms with Crippen LogP contribution < -0.4 is 0 Å². The van der Waals surface area contributed by atoms with Crippen molar-refractivity contribution in [1.82, 2.24) is 0 Å². The lowest BCUT2D eigenvalue weighted by Gasteiger charge is -2.16. The fourth-order valence-electron chi connectivity index (χ4n) is 2.45. The number of carbonyl (C=O) groups excluding carboxylic acids is 1. The van der Waals surface area contributed by atoms with Gasteiger partial charge in [-0.15, -0.1) is 0 Å². The van der Waals surface area contributed by atoms with Crippen LogP contribution in [0.25, 0.3) is 0 Å². The molecule has 1 rings (SSSR count). The molecule has 0 aliphatic heterocycles. The molecular formula is C18H30O5. The van der Waals surface area contributed by atoms with Crippen molar-refractivity contribution in [2.75, 3.05) is 6.61 Å². The number of ether oxygens (including phenoxy) is 1. The second-order valence-electron chi connectivity index (χ2n) is 5.93. The van der Waals surface area contributed by atoms with Crippen molar-refractivity contribution in [3.05, 3.63) is 24.2 Å². The average molecular weight is 326 g/mol. The third kappa shape index (κ3) is 8.77. The Morgan fingerprint density at radius 1 is 1.22 bits per heavy atom. The molecule has 0 saturated heterocycles. The molecule has 0 saturated carbocycles. The van der Waals surface area contributed by atoms with Crippen LogP contribution in [0.15, 0.2) is 22.8 Å². The summed E-state index contributed by atoms with van der Waals surface area (Å²) in [6.07, 6.45) is 8.01. The highest BCUT2D eigenvalue weighted by Crippen LogP contribution is 2.25. The lowest BCUT2D eigenvalue weighted by atomic mass is 10.1. The van der Waals surface area contributed by atoms with Gasteiger partial charge in [0.2, 0.25) is 0 Å². The monoisotopic (exact) mass is 326 g/mol. The van der Waals surface area contributed by atoms with Gasteiger partial charge in [-0.25, -0.2) is 0 Å². The summed E-state index contributed by atoms with van der Waals surface area (Å²) < 4.78 is 10.9. The zero-order valence-corrected chi connectivity index (χ0v) is 14.1. The second-order valence-corrected chi connectivity index (χ2v) is 5.93. The molecule has 1 aromatic heterocycles. The maximum atomic E-state index is 12.0. The van der Waals surface area contributed by atoms with Crippen LogP contribution >= 0.6 is 0 Å². The van der Waals surface area contributed by atoms with E-state index in [1.165, 1.54) is 12.8 Å². The normalized spacial score (nSPS) is 13.7. The number of furan rings is 1. The molecule has 2 unspecified atom stereocenters. The first kappa shape index (κ1) is 19.7. The molecule has 2 N–H and O–H groups in total. The van der Waals surface area contributed by atoms with Crippen LogP contribution in [0.3, 0.4) is 0 Å². The van der Waals surface area contributed by atoms with Gasteiger partial charge in [0.25, 0.3) is 0 Å². The molecule has 0 aliphatic rings. The first-order chi connectivity index (χ1) is 11.2. The molecule has 0 spiro atoms. The highest BCUT2D eigenvalue weighted by atomic mass is 16.6. The van der Waals surface area contributed by atoms with E-state index in [-0.39, 0.29) is 12.6 Å². The summed E-state index contributed by atoms with van der Waals surface area (Å²) in [4.78, 5) is 12.0. The van der Waals surface area contributed by atoms with Crippen LogP contribution in [0.4, 0.5) is 0 Å². The number of aliphatic hydroxyl groups excluding tert-OH is 2. The largest absolute Gasteiger partial charge is 0.465 e. The van der Waals surface area contributed by atoms with Gasteiger partial charge in [0.1, 0.15) is 5.76 Å². The number of rotatable bonds is 13. The van der Waals surface area contributed by atoms with Gasteiger partial charge in [-0.2, -0.15) is 0 Å². The summed E-state index contributed by atoms with van der Waals surface area (Å²) in [5.41, 5.74) is 0. The smallest absolute Gasteiger partial charge is 0.306 e. The van der Waals surface area contributed by atoms with Gasteiger partial charge in [-0.1, -0.05) is 32.6 Å². The van der Waals surface area contributed by atoms with E-state index in [4.69, 9.17) is 14.3 Å². The van der Waals surface area contributed by atoms with E-state index < -0.39 is 12.2 Å². The summed E-state index contributed by atoms with van der Waals surface area (Å²) in [7, 11) is 0. The number of hydrogen-bond acceptors (Lipinski definition) is 5. The van der Waals surface area contributed by atoms with Crippen molar-refractivity contribution in [2.24, 2.45) is 0 Å². The zero-order valence-electron chi connectivity index (χ0n) is 14.1. The minimum atomic E-state index is -0.721. The predicted molar refractivity (Wildman–Crippen MR) is 87.9 cm³/mol. The fraction of sp³-hybridized carbons (Fsp3) is 0.722. The van der Waals surface area contributed by atoms with Crippen LogP contribution in [0.5, 0.6) is 0 Å². The predicted octanol–water partition coefficient (Wildman–Crippen LogP) is 3.75. The minimum absolute atomic E-state index is 0.203. The highest BCUT2D eigenvalue weighted by molar-refractivity contribution is 5.69. The highest BCUT2D eigenvalue weighted by Gasteiger charge is 2.19. The average Bonchev–Trinajstić information content (AvgIpc) is 3.08. The van der Waals surface area contributed by atoms with Crippen LogP contribution in [0, 0.1) is 0 Å². The molecule has 5 heteroatoms. The van der Waals surface area contributed by atoms with Gasteiger partial charge in [0.15, 0.2) is 6.10 Å². The van der Waals surface area contributed by atoms with Gasteiger partial charge in [-0.3, -0.25) is 4.79 Å². The topological polar surface area (TPSA) is 79.9 Å². The van der Waals surface area contributed by atoms with Gasteiger partial charge < -0.3 is 19.4 Å². The van der Waals surface area contributed by atoms with Crippen molar-refractivity contribution >= 4 is 5.97 Å². The molecule has 0 bridgehead atoms. The number of aliphatic hydroxyl groups is 2. The van der Waals surface area contributed by atoms with E-state index in [0.29, 0.717) is 31.4 Å². The lowest BCUT2D eigenvalue weighted by molar-refractivity contribution is -0.151. The Hall–Kier alpha value is -1.33. The summed E-state index contributed by atoms with van der Waals surface area (Å²) in [6, 6.07) is 3.56. The maximum absolute atomic E-state index is 12.0. The Labute approximate surface area is 138 Å². The van der Waals surface area contributed by atoms with Gasteiger partial charge >= 0.3 is 5.97 Å². The van der Waals surface area contributed by atoms with Crippen molar-refractivity contribution in [3.8, 4) is 0 Å².